The van der Waals surface area contributed by atoms with Crippen molar-refractivity contribution >= 4 is 0 Å². The van der Waals surface area contributed by atoms with Crippen molar-refractivity contribution in [2.45, 2.75) is 12.2 Å². The first kappa shape index (κ1) is 12.6. The van der Waals surface area contributed by atoms with Gasteiger partial charge >= 0.3 is 6.18 Å². The van der Waals surface area contributed by atoms with Crippen LogP contribution in [0.15, 0.2) is 12.1 Å². The first-order chi connectivity index (χ1) is 7.27. The van der Waals surface area contributed by atoms with Crippen molar-refractivity contribution in [2.24, 2.45) is 5.73 Å². The van der Waals surface area contributed by atoms with E-state index in [9.17, 15) is 22.7 Å². The van der Waals surface area contributed by atoms with Crippen molar-refractivity contribution in [3.05, 3.63) is 23.5 Å². The Hall–Kier alpha value is -1.50. The molecule has 90 valence electrons. The second kappa shape index (κ2) is 4.17. The Kier molecular flexibility index (Phi) is 3.27. The summed E-state index contributed by atoms with van der Waals surface area (Å²) in [5, 5.41) is 9.38. The maximum atomic E-state index is 12.9. The molecule has 3 N–H and O–H groups in total. The summed E-state index contributed by atoms with van der Waals surface area (Å²) in [4.78, 5) is 0. The zero-order chi connectivity index (χ0) is 12.5. The third kappa shape index (κ3) is 2.35. The Bertz CT molecular complexity index is 392. The lowest BCUT2D eigenvalue weighted by Crippen LogP contribution is -2.28. The molecule has 1 rings (SSSR count). The van der Waals surface area contributed by atoms with E-state index >= 15 is 0 Å². The molecule has 0 bridgehead atoms. The number of hydrogen-bond acceptors (Lipinski definition) is 3. The molecule has 0 amide bonds. The summed E-state index contributed by atoms with van der Waals surface area (Å²) >= 11 is 0. The van der Waals surface area contributed by atoms with E-state index in [4.69, 9.17) is 5.73 Å². The number of nitrogens with two attached hydrogens (primary N) is 1. The van der Waals surface area contributed by atoms with E-state index in [1.54, 1.807) is 0 Å². The Morgan fingerprint density at radius 3 is 2.38 bits per heavy atom. The molecule has 0 aromatic heterocycles. The highest BCUT2D eigenvalue weighted by Gasteiger charge is 2.40. The lowest BCUT2D eigenvalue weighted by Gasteiger charge is -2.18. The molecule has 1 atom stereocenters. The molecule has 0 aliphatic carbocycles. The van der Waals surface area contributed by atoms with Crippen LogP contribution in [0.3, 0.4) is 0 Å². The van der Waals surface area contributed by atoms with Gasteiger partial charge in [0, 0.05) is 11.6 Å². The standard InChI is InChI=1S/C9H9F4NO2/c1-16-6-3-4(10)2-5(7(6)15)8(14)9(11,12)13/h2-3,8,15H,14H2,1H3/t8-/m0/s1. The number of alkyl halides is 3. The van der Waals surface area contributed by atoms with Crippen LogP contribution in [0.25, 0.3) is 0 Å². The molecule has 0 unspecified atom stereocenters. The molecule has 0 aliphatic rings. The zero-order valence-electron chi connectivity index (χ0n) is 8.18. The number of benzene rings is 1. The second-order valence-corrected chi connectivity index (χ2v) is 3.07. The Morgan fingerprint density at radius 2 is 1.94 bits per heavy atom. The predicted molar refractivity (Wildman–Crippen MR) is 47.6 cm³/mol. The third-order valence-corrected chi connectivity index (χ3v) is 1.98. The number of rotatable bonds is 2. The van der Waals surface area contributed by atoms with Crippen LogP contribution in [0.1, 0.15) is 11.6 Å². The van der Waals surface area contributed by atoms with Gasteiger partial charge in [-0.1, -0.05) is 0 Å². The number of phenols is 1. The molecule has 0 saturated heterocycles. The number of phenolic OH excluding ortho intramolecular Hbond substituents is 1. The van der Waals surface area contributed by atoms with E-state index in [0.717, 1.165) is 13.2 Å². The van der Waals surface area contributed by atoms with Gasteiger partial charge in [0.15, 0.2) is 11.5 Å². The maximum Gasteiger partial charge on any atom is 0.407 e. The van der Waals surface area contributed by atoms with Crippen molar-refractivity contribution in [3.63, 3.8) is 0 Å². The molecular weight excluding hydrogens is 230 g/mol. The van der Waals surface area contributed by atoms with Crippen LogP contribution >= 0.6 is 0 Å². The second-order valence-electron chi connectivity index (χ2n) is 3.07. The topological polar surface area (TPSA) is 55.5 Å². The Morgan fingerprint density at radius 1 is 1.38 bits per heavy atom. The predicted octanol–water partition coefficient (Wildman–Crippen LogP) is 2.10. The third-order valence-electron chi connectivity index (χ3n) is 1.98. The molecule has 0 saturated carbocycles. The lowest BCUT2D eigenvalue weighted by molar-refractivity contribution is -0.149. The highest BCUT2D eigenvalue weighted by molar-refractivity contribution is 5.47. The summed E-state index contributed by atoms with van der Waals surface area (Å²) in [7, 11) is 1.09. The molecule has 0 spiro atoms. The molecular formula is C9H9F4NO2. The number of halogens is 4. The molecule has 3 nitrogen and oxygen atoms in total. The van der Waals surface area contributed by atoms with E-state index in [1.807, 2.05) is 0 Å². The van der Waals surface area contributed by atoms with Gasteiger partial charge in [-0.3, -0.25) is 0 Å². The largest absolute Gasteiger partial charge is 0.504 e. The van der Waals surface area contributed by atoms with Crippen LogP contribution in [0.2, 0.25) is 0 Å². The first-order valence-corrected chi connectivity index (χ1v) is 4.16. The van der Waals surface area contributed by atoms with Crippen LogP contribution in [0.4, 0.5) is 17.6 Å². The van der Waals surface area contributed by atoms with E-state index in [1.165, 1.54) is 0 Å². The van der Waals surface area contributed by atoms with Crippen LogP contribution in [-0.2, 0) is 0 Å². The Labute approximate surface area is 88.4 Å². The van der Waals surface area contributed by atoms with Crippen molar-refractivity contribution in [1.29, 1.82) is 0 Å². The van der Waals surface area contributed by atoms with E-state index in [-0.39, 0.29) is 0 Å². The van der Waals surface area contributed by atoms with Crippen LogP contribution in [-0.4, -0.2) is 18.4 Å². The lowest BCUT2D eigenvalue weighted by atomic mass is 10.1. The van der Waals surface area contributed by atoms with Gasteiger partial charge in [0.2, 0.25) is 0 Å². The molecule has 1 aromatic carbocycles. The summed E-state index contributed by atoms with van der Waals surface area (Å²) in [5.74, 6) is -2.17. The average molecular weight is 239 g/mol. The smallest absolute Gasteiger partial charge is 0.407 e. The monoisotopic (exact) mass is 239 g/mol. The summed E-state index contributed by atoms with van der Waals surface area (Å²) < 4.78 is 54.3. The molecule has 0 heterocycles. The van der Waals surface area contributed by atoms with Gasteiger partial charge in [-0.2, -0.15) is 13.2 Å². The molecule has 0 radical (unpaired) electrons. The van der Waals surface area contributed by atoms with Crippen LogP contribution in [0, 0.1) is 5.82 Å². The summed E-state index contributed by atoms with van der Waals surface area (Å²) in [6, 6.07) is -1.17. The van der Waals surface area contributed by atoms with Gasteiger partial charge in [0.1, 0.15) is 11.9 Å². The fourth-order valence-corrected chi connectivity index (χ4v) is 1.16. The molecule has 7 heteroatoms. The fraction of sp³-hybridized carbons (Fsp3) is 0.333. The normalized spacial score (nSPS) is 13.6. The van der Waals surface area contributed by atoms with Gasteiger partial charge in [0.05, 0.1) is 7.11 Å². The van der Waals surface area contributed by atoms with Crippen molar-refractivity contribution in [3.8, 4) is 11.5 Å². The Balaban J connectivity index is 3.28. The minimum Gasteiger partial charge on any atom is -0.504 e. The van der Waals surface area contributed by atoms with Crippen molar-refractivity contribution < 1.29 is 27.4 Å². The van der Waals surface area contributed by atoms with Gasteiger partial charge < -0.3 is 15.6 Å². The summed E-state index contributed by atoms with van der Waals surface area (Å²) in [6.45, 7) is 0. The van der Waals surface area contributed by atoms with Crippen molar-refractivity contribution in [1.82, 2.24) is 0 Å². The summed E-state index contributed by atoms with van der Waals surface area (Å²) in [6.07, 6.45) is -4.77. The minimum atomic E-state index is -4.77. The van der Waals surface area contributed by atoms with Gasteiger partial charge in [-0.25, -0.2) is 4.39 Å². The quantitative estimate of drug-likeness (QED) is 0.777. The van der Waals surface area contributed by atoms with Crippen LogP contribution in [0.5, 0.6) is 11.5 Å². The van der Waals surface area contributed by atoms with Gasteiger partial charge in [-0.15, -0.1) is 0 Å². The summed E-state index contributed by atoms with van der Waals surface area (Å²) in [5.41, 5.74) is 4.10. The fourth-order valence-electron chi connectivity index (χ4n) is 1.16. The molecule has 0 fully saturated rings. The van der Waals surface area contributed by atoms with E-state index in [2.05, 4.69) is 4.74 Å². The van der Waals surface area contributed by atoms with Gasteiger partial charge in [0.25, 0.3) is 0 Å². The van der Waals surface area contributed by atoms with E-state index < -0.39 is 35.1 Å². The zero-order valence-corrected chi connectivity index (χ0v) is 8.18. The van der Waals surface area contributed by atoms with E-state index in [0.29, 0.717) is 6.07 Å². The molecule has 0 aliphatic heterocycles. The number of hydrogen-bond donors (Lipinski definition) is 2. The highest BCUT2D eigenvalue weighted by atomic mass is 19.4. The highest BCUT2D eigenvalue weighted by Crippen LogP contribution is 2.39. The maximum absolute atomic E-state index is 12.9. The first-order valence-electron chi connectivity index (χ1n) is 4.16. The average Bonchev–Trinajstić information content (AvgIpc) is 2.18. The van der Waals surface area contributed by atoms with Gasteiger partial charge in [-0.05, 0) is 6.07 Å². The number of methoxy groups -OCH3 is 1. The number of ether oxygens (including phenoxy) is 1. The number of aromatic hydroxyl groups is 1. The van der Waals surface area contributed by atoms with Crippen LogP contribution < -0.4 is 10.5 Å². The van der Waals surface area contributed by atoms with Crippen molar-refractivity contribution in [2.75, 3.05) is 7.11 Å². The molecule has 1 aromatic rings. The minimum absolute atomic E-state index is 0.394. The molecule has 16 heavy (non-hydrogen) atoms. The SMILES string of the molecule is COc1cc(F)cc([C@H](N)C(F)(F)F)c1O.